The zero-order chi connectivity index (χ0) is 21.6. The van der Waals surface area contributed by atoms with Crippen LogP contribution in [0.2, 0.25) is 0 Å². The summed E-state index contributed by atoms with van der Waals surface area (Å²) in [5, 5.41) is 10.7. The minimum Gasteiger partial charge on any atom is -0.343 e. The maximum atomic E-state index is 12.6. The number of amides is 1. The van der Waals surface area contributed by atoms with Gasteiger partial charge in [-0.05, 0) is 43.7 Å². The van der Waals surface area contributed by atoms with Gasteiger partial charge < -0.3 is 5.32 Å². The van der Waals surface area contributed by atoms with E-state index in [9.17, 15) is 4.79 Å². The number of thiazole rings is 1. The summed E-state index contributed by atoms with van der Waals surface area (Å²) in [5.74, 6) is -0.163. The van der Waals surface area contributed by atoms with Crippen LogP contribution < -0.4 is 5.32 Å². The van der Waals surface area contributed by atoms with Gasteiger partial charge in [0, 0.05) is 46.9 Å². The highest BCUT2D eigenvalue weighted by atomic mass is 32.1. The predicted molar refractivity (Wildman–Crippen MR) is 124 cm³/mol. The number of nitrogens with one attached hydrogen (secondary N) is 1. The van der Waals surface area contributed by atoms with E-state index in [4.69, 9.17) is 5.10 Å². The van der Waals surface area contributed by atoms with E-state index in [0.717, 1.165) is 39.6 Å². The first kappa shape index (κ1) is 20.7. The van der Waals surface area contributed by atoms with Gasteiger partial charge in [-0.3, -0.25) is 9.78 Å². The Balaban J connectivity index is 1.60. The summed E-state index contributed by atoms with van der Waals surface area (Å²) >= 11 is 1.57. The van der Waals surface area contributed by atoms with Crippen LogP contribution in [-0.4, -0.2) is 25.7 Å². The fourth-order valence-electron chi connectivity index (χ4n) is 3.21. The topological polar surface area (TPSA) is 72.7 Å². The molecule has 1 atom stereocenters. The van der Waals surface area contributed by atoms with Gasteiger partial charge in [0.05, 0.1) is 11.7 Å². The Morgan fingerprint density at radius 2 is 2.06 bits per heavy atom. The molecule has 1 aromatic carbocycles. The number of pyridine rings is 1. The zero-order valence-corrected chi connectivity index (χ0v) is 18.2. The van der Waals surface area contributed by atoms with Crippen molar-refractivity contribution in [3.63, 3.8) is 0 Å². The summed E-state index contributed by atoms with van der Waals surface area (Å²) < 4.78 is 1.81. The Morgan fingerprint density at radius 1 is 1.23 bits per heavy atom. The first-order chi connectivity index (χ1) is 15.1. The third-order valence-electron chi connectivity index (χ3n) is 4.77. The Morgan fingerprint density at radius 3 is 2.74 bits per heavy atom. The highest BCUT2D eigenvalue weighted by Gasteiger charge is 2.15. The molecule has 0 aliphatic carbocycles. The van der Waals surface area contributed by atoms with Crippen LogP contribution in [-0.2, 0) is 4.79 Å². The normalized spacial score (nSPS) is 12.2. The maximum absolute atomic E-state index is 12.6. The van der Waals surface area contributed by atoms with E-state index in [2.05, 4.69) is 15.3 Å². The van der Waals surface area contributed by atoms with Gasteiger partial charge in [-0.25, -0.2) is 9.67 Å². The Bertz CT molecular complexity index is 1180. The number of aryl methyl sites for hydroxylation is 1. The van der Waals surface area contributed by atoms with Crippen LogP contribution in [0.15, 0.2) is 72.5 Å². The van der Waals surface area contributed by atoms with Crippen LogP contribution in [0.1, 0.15) is 35.7 Å². The minimum atomic E-state index is -0.163. The van der Waals surface area contributed by atoms with Gasteiger partial charge in [0.25, 0.3) is 0 Å². The molecular weight excluding hydrogens is 406 g/mol. The zero-order valence-electron chi connectivity index (χ0n) is 17.4. The monoisotopic (exact) mass is 429 g/mol. The lowest BCUT2D eigenvalue weighted by molar-refractivity contribution is -0.117. The first-order valence-corrected chi connectivity index (χ1v) is 11.0. The van der Waals surface area contributed by atoms with Crippen molar-refractivity contribution >= 4 is 23.3 Å². The number of carbonyl (C=O) groups excluding carboxylic acids is 1. The SMILES string of the molecule is CCC(NC(=O)C=Cc1cn(-c2ccccc2)nc1-c1cccnc1)c1nc(C)cs1. The first-order valence-electron chi connectivity index (χ1n) is 10.1. The van der Waals surface area contributed by atoms with Gasteiger partial charge in [-0.2, -0.15) is 5.10 Å². The molecule has 4 rings (SSSR count). The molecule has 0 saturated carbocycles. The molecule has 0 bridgehead atoms. The van der Waals surface area contributed by atoms with E-state index in [1.807, 2.05) is 72.6 Å². The molecule has 6 nitrogen and oxygen atoms in total. The Hall–Kier alpha value is -3.58. The Labute approximate surface area is 185 Å². The van der Waals surface area contributed by atoms with Crippen molar-refractivity contribution in [2.45, 2.75) is 26.3 Å². The smallest absolute Gasteiger partial charge is 0.244 e. The summed E-state index contributed by atoms with van der Waals surface area (Å²) in [6, 6.07) is 13.6. The largest absolute Gasteiger partial charge is 0.343 e. The molecule has 1 unspecified atom stereocenters. The molecule has 3 heterocycles. The number of nitrogens with zero attached hydrogens (tertiary/aromatic N) is 4. The van der Waals surface area contributed by atoms with E-state index in [-0.39, 0.29) is 11.9 Å². The standard InChI is InChI=1S/C24H23N5OS/c1-3-21(24-26-17(2)16-31-24)27-22(30)12-11-19-15-29(20-9-5-4-6-10-20)28-23(19)18-8-7-13-25-14-18/h4-16,21H,3H2,1-2H3,(H,27,30). The lowest BCUT2D eigenvalue weighted by Crippen LogP contribution is -2.26. The van der Waals surface area contributed by atoms with Crippen molar-refractivity contribution in [2.75, 3.05) is 0 Å². The van der Waals surface area contributed by atoms with Crippen molar-refractivity contribution in [2.24, 2.45) is 0 Å². The predicted octanol–water partition coefficient (Wildman–Crippen LogP) is 4.98. The highest BCUT2D eigenvalue weighted by Crippen LogP contribution is 2.24. The van der Waals surface area contributed by atoms with Gasteiger partial charge in [0.15, 0.2) is 0 Å². The molecule has 0 aliphatic rings. The molecule has 0 fully saturated rings. The average Bonchev–Trinajstić information content (AvgIpc) is 3.44. The average molecular weight is 430 g/mol. The van der Waals surface area contributed by atoms with E-state index < -0.39 is 0 Å². The van der Waals surface area contributed by atoms with Gasteiger partial charge in [0.2, 0.25) is 5.91 Å². The van der Waals surface area contributed by atoms with Crippen LogP contribution >= 0.6 is 11.3 Å². The second-order valence-corrected chi connectivity index (χ2v) is 7.97. The molecule has 0 radical (unpaired) electrons. The maximum Gasteiger partial charge on any atom is 0.244 e. The second kappa shape index (κ2) is 9.49. The quantitative estimate of drug-likeness (QED) is 0.421. The Kier molecular flexibility index (Phi) is 6.33. The summed E-state index contributed by atoms with van der Waals surface area (Å²) in [7, 11) is 0. The highest BCUT2D eigenvalue weighted by molar-refractivity contribution is 7.09. The second-order valence-electron chi connectivity index (χ2n) is 7.08. The van der Waals surface area contributed by atoms with Crippen LogP contribution in [0.5, 0.6) is 0 Å². The van der Waals surface area contributed by atoms with Crippen molar-refractivity contribution in [3.8, 4) is 16.9 Å². The van der Waals surface area contributed by atoms with Gasteiger partial charge >= 0.3 is 0 Å². The van der Waals surface area contributed by atoms with Crippen molar-refractivity contribution in [1.29, 1.82) is 0 Å². The molecule has 0 spiro atoms. The van der Waals surface area contributed by atoms with Crippen molar-refractivity contribution in [1.82, 2.24) is 25.1 Å². The number of carbonyl (C=O) groups is 1. The van der Waals surface area contributed by atoms with Crippen LogP contribution in [0.4, 0.5) is 0 Å². The number of aromatic nitrogens is 4. The lowest BCUT2D eigenvalue weighted by Gasteiger charge is -2.12. The molecule has 1 amide bonds. The molecule has 0 aliphatic heterocycles. The third-order valence-corrected chi connectivity index (χ3v) is 5.85. The van der Waals surface area contributed by atoms with Crippen LogP contribution in [0.25, 0.3) is 23.0 Å². The number of hydrogen-bond donors (Lipinski definition) is 1. The lowest BCUT2D eigenvalue weighted by atomic mass is 10.1. The number of hydrogen-bond acceptors (Lipinski definition) is 5. The van der Waals surface area contributed by atoms with E-state index in [0.29, 0.717) is 0 Å². The molecular formula is C24H23N5OS. The van der Waals surface area contributed by atoms with Crippen LogP contribution in [0, 0.1) is 6.92 Å². The fraction of sp³-hybridized carbons (Fsp3) is 0.167. The molecule has 7 heteroatoms. The van der Waals surface area contributed by atoms with E-state index >= 15 is 0 Å². The summed E-state index contributed by atoms with van der Waals surface area (Å²) in [6.07, 6.45) is 9.54. The van der Waals surface area contributed by atoms with E-state index in [1.165, 1.54) is 0 Å². The summed E-state index contributed by atoms with van der Waals surface area (Å²) in [6.45, 7) is 3.99. The van der Waals surface area contributed by atoms with Crippen LogP contribution in [0.3, 0.4) is 0 Å². The third kappa shape index (κ3) is 4.95. The number of rotatable bonds is 7. The van der Waals surface area contributed by atoms with Gasteiger partial charge in [-0.1, -0.05) is 25.1 Å². The molecule has 31 heavy (non-hydrogen) atoms. The fourth-order valence-corrected chi connectivity index (χ4v) is 4.14. The summed E-state index contributed by atoms with van der Waals surface area (Å²) in [5.41, 5.74) is 4.41. The minimum absolute atomic E-state index is 0.0966. The summed E-state index contributed by atoms with van der Waals surface area (Å²) in [4.78, 5) is 21.3. The number of benzene rings is 1. The molecule has 1 N–H and O–H groups in total. The molecule has 3 aromatic heterocycles. The number of para-hydroxylation sites is 1. The van der Waals surface area contributed by atoms with Gasteiger partial charge in [0.1, 0.15) is 10.7 Å². The molecule has 156 valence electrons. The van der Waals surface area contributed by atoms with Crippen molar-refractivity contribution < 1.29 is 4.79 Å². The van der Waals surface area contributed by atoms with Gasteiger partial charge in [-0.15, -0.1) is 11.3 Å². The van der Waals surface area contributed by atoms with Crippen molar-refractivity contribution in [3.05, 3.63) is 88.8 Å². The molecule has 0 saturated heterocycles. The molecule has 4 aromatic rings. The van der Waals surface area contributed by atoms with E-state index in [1.54, 1.807) is 35.9 Å².